The Morgan fingerprint density at radius 1 is 1.03 bits per heavy atom. The van der Waals surface area contributed by atoms with E-state index in [0.29, 0.717) is 24.8 Å². The molecule has 1 aromatic heterocycles. The normalized spacial score (nSPS) is 15.9. The summed E-state index contributed by atoms with van der Waals surface area (Å²) in [6, 6.07) is 16.7. The lowest BCUT2D eigenvalue weighted by atomic mass is 9.97. The molecule has 1 aliphatic rings. The van der Waals surface area contributed by atoms with Gasteiger partial charge in [0, 0.05) is 31.2 Å². The minimum atomic E-state index is -0.0997. The second-order valence-corrected chi connectivity index (χ2v) is 7.35. The predicted octanol–water partition coefficient (Wildman–Crippen LogP) is 4.52. The highest BCUT2D eigenvalue weighted by molar-refractivity contribution is 5.93. The summed E-state index contributed by atoms with van der Waals surface area (Å²) in [6.45, 7) is 4.07. The van der Waals surface area contributed by atoms with Gasteiger partial charge in [-0.2, -0.15) is 0 Å². The van der Waals surface area contributed by atoms with Crippen LogP contribution in [0.3, 0.4) is 0 Å². The number of anilines is 2. The van der Waals surface area contributed by atoms with Gasteiger partial charge in [0.1, 0.15) is 17.2 Å². The summed E-state index contributed by atoms with van der Waals surface area (Å²) in [5.41, 5.74) is 0.747. The second-order valence-electron chi connectivity index (χ2n) is 7.35. The maximum atomic E-state index is 12.8. The van der Waals surface area contributed by atoms with E-state index in [9.17, 15) is 4.79 Å². The van der Waals surface area contributed by atoms with Gasteiger partial charge >= 0.3 is 0 Å². The Hall–Kier alpha value is -3.61. The highest BCUT2D eigenvalue weighted by Crippen LogP contribution is 2.26. The maximum Gasteiger partial charge on any atom is 0.229 e. The molecule has 31 heavy (non-hydrogen) atoms. The quantitative estimate of drug-likeness (QED) is 0.608. The summed E-state index contributed by atoms with van der Waals surface area (Å²) < 4.78 is 11.3. The number of amides is 1. The van der Waals surface area contributed by atoms with E-state index in [1.54, 1.807) is 18.5 Å². The van der Waals surface area contributed by atoms with Crippen LogP contribution in [-0.2, 0) is 4.79 Å². The van der Waals surface area contributed by atoms with Crippen LogP contribution in [0.1, 0.15) is 19.8 Å². The smallest absolute Gasteiger partial charge is 0.229 e. The van der Waals surface area contributed by atoms with E-state index in [1.807, 2.05) is 55.5 Å². The predicted molar refractivity (Wildman–Crippen MR) is 120 cm³/mol. The Labute approximate surface area is 182 Å². The Balaban J connectivity index is 1.32. The van der Waals surface area contributed by atoms with Crippen LogP contribution in [0.15, 0.2) is 67.0 Å². The summed E-state index contributed by atoms with van der Waals surface area (Å²) in [7, 11) is 0. The number of hydrogen-bond donors (Lipinski definition) is 1. The zero-order valence-electron chi connectivity index (χ0n) is 17.5. The summed E-state index contributed by atoms with van der Waals surface area (Å²) in [5, 5.41) is 3.02. The van der Waals surface area contributed by atoms with Gasteiger partial charge in [0.15, 0.2) is 0 Å². The van der Waals surface area contributed by atoms with Gasteiger partial charge in [0.2, 0.25) is 11.9 Å². The van der Waals surface area contributed by atoms with Crippen LogP contribution >= 0.6 is 0 Å². The van der Waals surface area contributed by atoms with Crippen LogP contribution in [0.2, 0.25) is 0 Å². The third-order valence-electron chi connectivity index (χ3n) is 5.12. The fraction of sp³-hybridized carbons (Fsp3) is 0.292. The number of benzene rings is 2. The van der Waals surface area contributed by atoms with Crippen molar-refractivity contribution in [1.82, 2.24) is 9.97 Å². The molecule has 1 atom stereocenters. The highest BCUT2D eigenvalue weighted by Gasteiger charge is 2.27. The lowest BCUT2D eigenvalue weighted by molar-refractivity contribution is -0.120. The van der Waals surface area contributed by atoms with Gasteiger partial charge in [-0.25, -0.2) is 9.97 Å². The number of piperidine rings is 1. The first-order valence-corrected chi connectivity index (χ1v) is 10.5. The number of nitrogens with one attached hydrogen (secondary N) is 1. The minimum absolute atomic E-state index is 0.0146. The van der Waals surface area contributed by atoms with Gasteiger partial charge in [-0.3, -0.25) is 4.79 Å². The molecule has 3 aromatic rings. The molecule has 0 aliphatic carbocycles. The van der Waals surface area contributed by atoms with E-state index < -0.39 is 0 Å². The lowest BCUT2D eigenvalue weighted by Crippen LogP contribution is -2.41. The molecular weight excluding hydrogens is 392 g/mol. The summed E-state index contributed by atoms with van der Waals surface area (Å²) in [5.74, 6) is 2.83. The van der Waals surface area contributed by atoms with Crippen molar-refractivity contribution in [2.45, 2.75) is 19.8 Å². The molecule has 0 radical (unpaired) electrons. The first kappa shape index (κ1) is 20.7. The summed E-state index contributed by atoms with van der Waals surface area (Å²) in [4.78, 5) is 23.5. The lowest BCUT2D eigenvalue weighted by Gasteiger charge is -2.31. The average molecular weight is 418 g/mol. The molecule has 4 rings (SSSR count). The number of rotatable bonds is 7. The second kappa shape index (κ2) is 9.93. The van der Waals surface area contributed by atoms with Crippen molar-refractivity contribution in [2.75, 3.05) is 29.9 Å². The van der Waals surface area contributed by atoms with Crippen molar-refractivity contribution < 1.29 is 14.3 Å². The van der Waals surface area contributed by atoms with Crippen LogP contribution in [0.25, 0.3) is 0 Å². The molecule has 0 saturated carbocycles. The van der Waals surface area contributed by atoms with E-state index in [1.165, 1.54) is 0 Å². The van der Waals surface area contributed by atoms with Crippen LogP contribution in [0.4, 0.5) is 11.6 Å². The molecule has 7 heteroatoms. The van der Waals surface area contributed by atoms with E-state index >= 15 is 0 Å². The SMILES string of the molecule is CCOc1ccc(Oc2ccc(NC(=O)[C@H]3CCCN(c4ncccn4)C3)cc2)cc1. The Morgan fingerprint density at radius 2 is 1.68 bits per heavy atom. The van der Waals surface area contributed by atoms with E-state index in [2.05, 4.69) is 20.2 Å². The largest absolute Gasteiger partial charge is 0.494 e. The molecule has 1 fully saturated rings. The zero-order valence-corrected chi connectivity index (χ0v) is 17.5. The fourth-order valence-electron chi connectivity index (χ4n) is 3.58. The molecule has 7 nitrogen and oxygen atoms in total. The van der Waals surface area contributed by atoms with Crippen molar-refractivity contribution in [2.24, 2.45) is 5.92 Å². The van der Waals surface area contributed by atoms with Crippen LogP contribution in [-0.4, -0.2) is 35.6 Å². The Bertz CT molecular complexity index is 978. The van der Waals surface area contributed by atoms with E-state index in [4.69, 9.17) is 9.47 Å². The summed E-state index contributed by atoms with van der Waals surface area (Å²) in [6.07, 6.45) is 5.24. The van der Waals surface area contributed by atoms with E-state index in [0.717, 1.165) is 36.6 Å². The number of hydrogen-bond acceptors (Lipinski definition) is 6. The van der Waals surface area contributed by atoms with Gasteiger partial charge in [-0.15, -0.1) is 0 Å². The molecule has 2 heterocycles. The van der Waals surface area contributed by atoms with Gasteiger partial charge in [0.05, 0.1) is 12.5 Å². The standard InChI is InChI=1S/C24H26N4O3/c1-2-30-20-10-12-22(13-11-20)31-21-8-6-19(7-9-21)27-23(29)18-5-3-16-28(17-18)24-25-14-4-15-26-24/h4,6-15,18H,2-3,5,16-17H2,1H3,(H,27,29)/t18-/m0/s1. The summed E-state index contributed by atoms with van der Waals surface area (Å²) >= 11 is 0. The molecular formula is C24H26N4O3. The van der Waals surface area contributed by atoms with Gasteiger partial charge in [-0.1, -0.05) is 0 Å². The number of aromatic nitrogens is 2. The van der Waals surface area contributed by atoms with Gasteiger partial charge in [-0.05, 0) is 74.4 Å². The van der Waals surface area contributed by atoms with Gasteiger partial charge < -0.3 is 19.7 Å². The van der Waals surface area contributed by atoms with Crippen LogP contribution in [0, 0.1) is 5.92 Å². The third-order valence-corrected chi connectivity index (χ3v) is 5.12. The Kier molecular flexibility index (Phi) is 6.62. The molecule has 2 aromatic carbocycles. The van der Waals surface area contributed by atoms with Crippen molar-refractivity contribution >= 4 is 17.5 Å². The number of carbonyl (C=O) groups excluding carboxylic acids is 1. The monoisotopic (exact) mass is 418 g/mol. The van der Waals surface area contributed by atoms with Crippen molar-refractivity contribution in [3.63, 3.8) is 0 Å². The highest BCUT2D eigenvalue weighted by atomic mass is 16.5. The van der Waals surface area contributed by atoms with Crippen LogP contribution in [0.5, 0.6) is 17.2 Å². The average Bonchev–Trinajstić information content (AvgIpc) is 2.82. The van der Waals surface area contributed by atoms with E-state index in [-0.39, 0.29) is 11.8 Å². The molecule has 1 saturated heterocycles. The minimum Gasteiger partial charge on any atom is -0.494 e. The number of carbonyl (C=O) groups is 1. The van der Waals surface area contributed by atoms with Crippen molar-refractivity contribution in [3.8, 4) is 17.2 Å². The molecule has 1 N–H and O–H groups in total. The first-order valence-electron chi connectivity index (χ1n) is 10.5. The Morgan fingerprint density at radius 3 is 2.35 bits per heavy atom. The molecule has 1 amide bonds. The van der Waals surface area contributed by atoms with Crippen molar-refractivity contribution in [1.29, 1.82) is 0 Å². The third kappa shape index (κ3) is 5.51. The topological polar surface area (TPSA) is 76.6 Å². The fourth-order valence-corrected chi connectivity index (χ4v) is 3.58. The van der Waals surface area contributed by atoms with Gasteiger partial charge in [0.25, 0.3) is 0 Å². The number of ether oxygens (including phenoxy) is 2. The van der Waals surface area contributed by atoms with Crippen molar-refractivity contribution in [3.05, 3.63) is 67.0 Å². The molecule has 0 unspecified atom stereocenters. The molecule has 1 aliphatic heterocycles. The molecule has 160 valence electrons. The molecule has 0 bridgehead atoms. The first-order chi connectivity index (χ1) is 15.2. The zero-order chi connectivity index (χ0) is 21.5. The molecule has 0 spiro atoms. The maximum absolute atomic E-state index is 12.8. The number of nitrogens with zero attached hydrogens (tertiary/aromatic N) is 3. The van der Waals surface area contributed by atoms with Crippen LogP contribution < -0.4 is 19.7 Å².